The first-order chi connectivity index (χ1) is 10.2. The van der Waals surface area contributed by atoms with Gasteiger partial charge in [-0.1, -0.05) is 46.3 Å². The summed E-state index contributed by atoms with van der Waals surface area (Å²) in [5.74, 6) is -0.157. The lowest BCUT2D eigenvalue weighted by molar-refractivity contribution is -0.116. The molecule has 0 aliphatic rings. The highest BCUT2D eigenvalue weighted by Gasteiger charge is 1.99. The van der Waals surface area contributed by atoms with Gasteiger partial charge >= 0.3 is 0 Å². The topological polar surface area (TPSA) is 52.9 Å². The maximum atomic E-state index is 11.8. The van der Waals surface area contributed by atoms with Crippen LogP contribution in [-0.2, 0) is 11.3 Å². The van der Waals surface area contributed by atoms with E-state index in [-0.39, 0.29) is 5.91 Å². The summed E-state index contributed by atoms with van der Waals surface area (Å²) in [4.78, 5) is 11.8. The minimum absolute atomic E-state index is 0.157. The zero-order valence-electron chi connectivity index (χ0n) is 11.2. The first-order valence-electron chi connectivity index (χ1n) is 6.38. The molecule has 2 aromatic carbocycles. The van der Waals surface area contributed by atoms with E-state index in [1.54, 1.807) is 18.2 Å². The van der Waals surface area contributed by atoms with Crippen LogP contribution in [0.4, 0.5) is 0 Å². The summed E-state index contributed by atoms with van der Waals surface area (Å²) in [6, 6.07) is 16.9. The van der Waals surface area contributed by atoms with E-state index in [1.165, 1.54) is 6.08 Å². The number of nitrogens with one attached hydrogen (secondary N) is 1. The van der Waals surface area contributed by atoms with E-state index in [0.29, 0.717) is 12.1 Å². The third-order valence-corrected chi connectivity index (χ3v) is 3.59. The number of nitriles is 1. The third-order valence-electron chi connectivity index (χ3n) is 2.87. The minimum Gasteiger partial charge on any atom is -0.348 e. The summed E-state index contributed by atoms with van der Waals surface area (Å²) in [6.45, 7) is 0.435. The van der Waals surface area contributed by atoms with Crippen LogP contribution in [0.15, 0.2) is 59.1 Å². The Morgan fingerprint density at radius 3 is 2.57 bits per heavy atom. The Bertz CT molecular complexity index is 699. The number of nitrogens with zero attached hydrogens (tertiary/aromatic N) is 1. The zero-order chi connectivity index (χ0) is 15.1. The highest BCUT2D eigenvalue weighted by atomic mass is 79.9. The molecule has 0 atom stereocenters. The summed E-state index contributed by atoms with van der Waals surface area (Å²) in [5, 5.41) is 11.5. The van der Waals surface area contributed by atoms with E-state index in [9.17, 15) is 4.79 Å². The molecule has 2 rings (SSSR count). The van der Waals surface area contributed by atoms with Crippen LogP contribution in [0.2, 0.25) is 0 Å². The number of hydrogen-bond donors (Lipinski definition) is 1. The molecule has 0 heterocycles. The second-order valence-electron chi connectivity index (χ2n) is 4.38. The van der Waals surface area contributed by atoms with Crippen molar-refractivity contribution in [2.75, 3.05) is 0 Å². The Labute approximate surface area is 132 Å². The van der Waals surface area contributed by atoms with Crippen molar-refractivity contribution in [1.82, 2.24) is 5.32 Å². The quantitative estimate of drug-likeness (QED) is 0.863. The molecule has 0 fully saturated rings. The van der Waals surface area contributed by atoms with Gasteiger partial charge in [-0.25, -0.2) is 0 Å². The molecule has 104 valence electrons. The Morgan fingerprint density at radius 1 is 1.19 bits per heavy atom. The van der Waals surface area contributed by atoms with Gasteiger partial charge in [0.1, 0.15) is 0 Å². The van der Waals surface area contributed by atoms with Gasteiger partial charge in [0.2, 0.25) is 5.91 Å². The number of carbonyl (C=O) groups excluding carboxylic acids is 1. The van der Waals surface area contributed by atoms with Crippen molar-refractivity contribution in [2.45, 2.75) is 6.54 Å². The van der Waals surface area contributed by atoms with Gasteiger partial charge in [-0.15, -0.1) is 0 Å². The molecule has 1 N–H and O–H groups in total. The van der Waals surface area contributed by atoms with Crippen molar-refractivity contribution < 1.29 is 4.79 Å². The van der Waals surface area contributed by atoms with Crippen LogP contribution in [0.3, 0.4) is 0 Å². The van der Waals surface area contributed by atoms with Crippen LogP contribution in [0.5, 0.6) is 0 Å². The fraction of sp³-hybridized carbons (Fsp3) is 0.0588. The van der Waals surface area contributed by atoms with Crippen molar-refractivity contribution in [3.63, 3.8) is 0 Å². The number of rotatable bonds is 4. The number of halogens is 1. The predicted octanol–water partition coefficient (Wildman–Crippen LogP) is 3.65. The molecule has 0 aromatic heterocycles. The molecule has 0 aliphatic carbocycles. The maximum absolute atomic E-state index is 11.8. The lowest BCUT2D eigenvalue weighted by Gasteiger charge is -2.02. The molecule has 3 nitrogen and oxygen atoms in total. The van der Waals surface area contributed by atoms with Crippen molar-refractivity contribution in [3.8, 4) is 6.07 Å². The molecule has 1 amide bonds. The highest BCUT2D eigenvalue weighted by Crippen LogP contribution is 2.16. The molecule has 4 heteroatoms. The van der Waals surface area contributed by atoms with Gasteiger partial charge in [-0.05, 0) is 35.4 Å². The first-order valence-corrected chi connectivity index (χ1v) is 7.18. The van der Waals surface area contributed by atoms with Crippen LogP contribution in [0.1, 0.15) is 16.7 Å². The maximum Gasteiger partial charge on any atom is 0.244 e. The standard InChI is InChI=1S/C17H13BrN2O/c18-16-4-2-1-3-15(16)9-10-17(21)20-12-14-7-5-13(11-19)6-8-14/h1-10H,12H2,(H,20,21)/b10-9+. The monoisotopic (exact) mass is 340 g/mol. The predicted molar refractivity (Wildman–Crippen MR) is 86.2 cm³/mol. The lowest BCUT2D eigenvalue weighted by Crippen LogP contribution is -2.20. The second kappa shape index (κ2) is 7.41. The van der Waals surface area contributed by atoms with Gasteiger partial charge in [0, 0.05) is 17.1 Å². The fourth-order valence-electron chi connectivity index (χ4n) is 1.72. The van der Waals surface area contributed by atoms with Gasteiger partial charge in [0.15, 0.2) is 0 Å². The molecule has 21 heavy (non-hydrogen) atoms. The van der Waals surface area contributed by atoms with Gasteiger partial charge < -0.3 is 5.32 Å². The second-order valence-corrected chi connectivity index (χ2v) is 5.24. The Kier molecular flexibility index (Phi) is 5.30. The Hall–Kier alpha value is -2.38. The van der Waals surface area contributed by atoms with E-state index in [4.69, 9.17) is 5.26 Å². The number of hydrogen-bond acceptors (Lipinski definition) is 2. The molecule has 0 unspecified atom stereocenters. The van der Waals surface area contributed by atoms with Crippen LogP contribution in [0, 0.1) is 11.3 Å². The van der Waals surface area contributed by atoms with Gasteiger partial charge in [0.05, 0.1) is 11.6 Å². The summed E-state index contributed by atoms with van der Waals surface area (Å²) in [6.07, 6.45) is 3.27. The van der Waals surface area contributed by atoms with Gasteiger partial charge in [-0.3, -0.25) is 4.79 Å². The SMILES string of the molecule is N#Cc1ccc(CNC(=O)/C=C/c2ccccc2Br)cc1. The Morgan fingerprint density at radius 2 is 1.90 bits per heavy atom. The molecule has 0 saturated carbocycles. The lowest BCUT2D eigenvalue weighted by atomic mass is 10.1. The first kappa shape index (κ1) is 15.0. The number of benzene rings is 2. The van der Waals surface area contributed by atoms with Crippen molar-refractivity contribution in [2.24, 2.45) is 0 Å². The molecule has 0 bridgehead atoms. The molecule has 0 aliphatic heterocycles. The van der Waals surface area contributed by atoms with E-state index < -0.39 is 0 Å². The Balaban J connectivity index is 1.90. The molecular formula is C17H13BrN2O. The molecule has 0 radical (unpaired) electrons. The van der Waals surface area contributed by atoms with E-state index in [0.717, 1.165) is 15.6 Å². The average molecular weight is 341 g/mol. The summed E-state index contributed by atoms with van der Waals surface area (Å²) < 4.78 is 0.946. The summed E-state index contributed by atoms with van der Waals surface area (Å²) in [7, 11) is 0. The van der Waals surface area contributed by atoms with Crippen molar-refractivity contribution >= 4 is 27.9 Å². The smallest absolute Gasteiger partial charge is 0.244 e. The summed E-state index contributed by atoms with van der Waals surface area (Å²) >= 11 is 3.43. The van der Waals surface area contributed by atoms with Crippen LogP contribution >= 0.6 is 15.9 Å². The van der Waals surface area contributed by atoms with Crippen molar-refractivity contribution in [1.29, 1.82) is 5.26 Å². The van der Waals surface area contributed by atoms with E-state index in [2.05, 4.69) is 27.3 Å². The largest absolute Gasteiger partial charge is 0.348 e. The van der Waals surface area contributed by atoms with Crippen LogP contribution in [0.25, 0.3) is 6.08 Å². The van der Waals surface area contributed by atoms with Crippen molar-refractivity contribution in [3.05, 3.63) is 75.8 Å². The van der Waals surface area contributed by atoms with E-state index in [1.807, 2.05) is 36.4 Å². The number of carbonyl (C=O) groups is 1. The van der Waals surface area contributed by atoms with Gasteiger partial charge in [-0.2, -0.15) is 5.26 Å². The average Bonchev–Trinajstić information content (AvgIpc) is 2.52. The molecule has 0 saturated heterocycles. The fourth-order valence-corrected chi connectivity index (χ4v) is 2.14. The van der Waals surface area contributed by atoms with Crippen LogP contribution in [-0.4, -0.2) is 5.91 Å². The van der Waals surface area contributed by atoms with Gasteiger partial charge in [0.25, 0.3) is 0 Å². The zero-order valence-corrected chi connectivity index (χ0v) is 12.8. The summed E-state index contributed by atoms with van der Waals surface area (Å²) in [5.41, 5.74) is 2.52. The molecule has 2 aromatic rings. The normalized spacial score (nSPS) is 10.3. The van der Waals surface area contributed by atoms with E-state index >= 15 is 0 Å². The van der Waals surface area contributed by atoms with Crippen LogP contribution < -0.4 is 5.32 Å². The molecule has 0 spiro atoms. The molecular weight excluding hydrogens is 328 g/mol. The number of amides is 1. The highest BCUT2D eigenvalue weighted by molar-refractivity contribution is 9.10. The third kappa shape index (κ3) is 4.59. The minimum atomic E-state index is -0.157.